The summed E-state index contributed by atoms with van der Waals surface area (Å²) < 4.78 is 0. The number of carbonyl (C=O) groups is 2. The SMILES string of the molecule is NC1CCC(C(=O)N2CCC3NC(=O)CCC3C2)C1. The van der Waals surface area contributed by atoms with Crippen molar-refractivity contribution in [3.8, 4) is 0 Å². The van der Waals surface area contributed by atoms with Crippen molar-refractivity contribution in [2.45, 2.75) is 50.6 Å². The molecule has 1 aliphatic carbocycles. The van der Waals surface area contributed by atoms with Crippen LogP contribution in [0.15, 0.2) is 0 Å². The molecule has 2 heterocycles. The summed E-state index contributed by atoms with van der Waals surface area (Å²) in [5, 5.41) is 3.06. The first-order valence-electron chi connectivity index (χ1n) is 7.47. The zero-order valence-corrected chi connectivity index (χ0v) is 11.3. The van der Waals surface area contributed by atoms with E-state index >= 15 is 0 Å². The van der Waals surface area contributed by atoms with Gasteiger partial charge in [0, 0.05) is 37.5 Å². The maximum Gasteiger partial charge on any atom is 0.225 e. The third-order valence-electron chi connectivity index (χ3n) is 4.96. The Labute approximate surface area is 113 Å². The highest BCUT2D eigenvalue weighted by molar-refractivity contribution is 5.80. The molecule has 1 saturated carbocycles. The zero-order valence-electron chi connectivity index (χ0n) is 11.3. The van der Waals surface area contributed by atoms with Crippen LogP contribution in [-0.2, 0) is 9.59 Å². The average Bonchev–Trinajstić information content (AvgIpc) is 2.84. The highest BCUT2D eigenvalue weighted by Crippen LogP contribution is 2.30. The lowest BCUT2D eigenvalue weighted by molar-refractivity contribution is -0.138. The van der Waals surface area contributed by atoms with Gasteiger partial charge in [0.05, 0.1) is 0 Å². The highest BCUT2D eigenvalue weighted by atomic mass is 16.2. The van der Waals surface area contributed by atoms with Crippen molar-refractivity contribution >= 4 is 11.8 Å². The van der Waals surface area contributed by atoms with Gasteiger partial charge in [-0.05, 0) is 38.0 Å². The Hall–Kier alpha value is -1.10. The summed E-state index contributed by atoms with van der Waals surface area (Å²) in [5.41, 5.74) is 5.90. The fourth-order valence-corrected chi connectivity index (χ4v) is 3.81. The zero-order chi connectivity index (χ0) is 13.4. The molecular weight excluding hydrogens is 242 g/mol. The Bertz CT molecular complexity index is 385. The van der Waals surface area contributed by atoms with E-state index in [1.54, 1.807) is 0 Å². The van der Waals surface area contributed by atoms with Crippen molar-refractivity contribution in [2.24, 2.45) is 17.6 Å². The summed E-state index contributed by atoms with van der Waals surface area (Å²) in [4.78, 5) is 25.9. The third kappa shape index (κ3) is 2.61. The maximum atomic E-state index is 12.5. The van der Waals surface area contributed by atoms with Crippen LogP contribution >= 0.6 is 0 Å². The van der Waals surface area contributed by atoms with Crippen molar-refractivity contribution < 1.29 is 9.59 Å². The van der Waals surface area contributed by atoms with Crippen LogP contribution in [0.5, 0.6) is 0 Å². The van der Waals surface area contributed by atoms with Gasteiger partial charge in [-0.1, -0.05) is 0 Å². The molecule has 0 radical (unpaired) electrons. The predicted molar refractivity (Wildman–Crippen MR) is 71.2 cm³/mol. The van der Waals surface area contributed by atoms with Crippen molar-refractivity contribution in [3.63, 3.8) is 0 Å². The molecule has 19 heavy (non-hydrogen) atoms. The minimum Gasteiger partial charge on any atom is -0.353 e. The number of piperidine rings is 2. The summed E-state index contributed by atoms with van der Waals surface area (Å²) in [5.74, 6) is 1.06. The Morgan fingerprint density at radius 2 is 2.11 bits per heavy atom. The van der Waals surface area contributed by atoms with Gasteiger partial charge in [0.1, 0.15) is 0 Å². The van der Waals surface area contributed by atoms with Gasteiger partial charge < -0.3 is 16.0 Å². The van der Waals surface area contributed by atoms with Gasteiger partial charge in [-0.25, -0.2) is 0 Å². The first-order chi connectivity index (χ1) is 9.13. The van der Waals surface area contributed by atoms with E-state index in [0.717, 1.165) is 45.2 Å². The number of hydrogen-bond acceptors (Lipinski definition) is 3. The summed E-state index contributed by atoms with van der Waals surface area (Å²) >= 11 is 0. The number of likely N-dealkylation sites (tertiary alicyclic amines) is 1. The van der Waals surface area contributed by atoms with E-state index in [4.69, 9.17) is 5.73 Å². The van der Waals surface area contributed by atoms with Gasteiger partial charge in [-0.15, -0.1) is 0 Å². The van der Waals surface area contributed by atoms with Crippen LogP contribution in [0.1, 0.15) is 38.5 Å². The molecule has 4 atom stereocenters. The molecule has 2 saturated heterocycles. The quantitative estimate of drug-likeness (QED) is 0.713. The topological polar surface area (TPSA) is 75.4 Å². The fraction of sp³-hybridized carbons (Fsp3) is 0.857. The van der Waals surface area contributed by atoms with Crippen molar-refractivity contribution in [1.82, 2.24) is 10.2 Å². The third-order valence-corrected chi connectivity index (χ3v) is 4.96. The first-order valence-corrected chi connectivity index (χ1v) is 7.47. The van der Waals surface area contributed by atoms with Crippen molar-refractivity contribution in [3.05, 3.63) is 0 Å². The van der Waals surface area contributed by atoms with Crippen molar-refractivity contribution in [2.75, 3.05) is 13.1 Å². The van der Waals surface area contributed by atoms with Crippen LogP contribution in [0, 0.1) is 11.8 Å². The Kier molecular flexibility index (Phi) is 3.48. The monoisotopic (exact) mass is 265 g/mol. The average molecular weight is 265 g/mol. The van der Waals surface area contributed by atoms with Gasteiger partial charge in [0.2, 0.25) is 11.8 Å². The molecule has 2 aliphatic heterocycles. The molecule has 0 bridgehead atoms. The lowest BCUT2D eigenvalue weighted by atomic mass is 9.84. The van der Waals surface area contributed by atoms with Gasteiger partial charge in [-0.3, -0.25) is 9.59 Å². The van der Waals surface area contributed by atoms with Crippen LogP contribution < -0.4 is 11.1 Å². The van der Waals surface area contributed by atoms with E-state index < -0.39 is 0 Å². The first kappa shape index (κ1) is 12.9. The molecule has 4 unspecified atom stereocenters. The van der Waals surface area contributed by atoms with Gasteiger partial charge >= 0.3 is 0 Å². The second-order valence-corrected chi connectivity index (χ2v) is 6.32. The largest absolute Gasteiger partial charge is 0.353 e. The van der Waals surface area contributed by atoms with Gasteiger partial charge in [0.15, 0.2) is 0 Å². The molecule has 5 heteroatoms. The molecule has 3 rings (SSSR count). The molecule has 0 spiro atoms. The Morgan fingerprint density at radius 1 is 1.26 bits per heavy atom. The van der Waals surface area contributed by atoms with Crippen LogP contribution in [0.4, 0.5) is 0 Å². The van der Waals surface area contributed by atoms with Crippen LogP contribution in [0.25, 0.3) is 0 Å². The predicted octanol–water partition coefficient (Wildman–Crippen LogP) is 0.241. The van der Waals surface area contributed by atoms with E-state index in [0.29, 0.717) is 18.2 Å². The van der Waals surface area contributed by atoms with Crippen LogP contribution in [-0.4, -0.2) is 41.9 Å². The number of carbonyl (C=O) groups excluding carboxylic acids is 2. The second kappa shape index (κ2) is 5.12. The molecule has 5 nitrogen and oxygen atoms in total. The minimum absolute atomic E-state index is 0.143. The van der Waals surface area contributed by atoms with Crippen molar-refractivity contribution in [1.29, 1.82) is 0 Å². The van der Waals surface area contributed by atoms with E-state index in [9.17, 15) is 9.59 Å². The number of amides is 2. The minimum atomic E-state index is 0.143. The summed E-state index contributed by atoms with van der Waals surface area (Å²) in [6.07, 6.45) is 5.21. The molecule has 0 aromatic rings. The Balaban J connectivity index is 1.58. The summed E-state index contributed by atoms with van der Waals surface area (Å²) in [6, 6.07) is 0.497. The normalized spacial score (nSPS) is 38.8. The van der Waals surface area contributed by atoms with Crippen LogP contribution in [0.3, 0.4) is 0 Å². The summed E-state index contributed by atoms with van der Waals surface area (Å²) in [6.45, 7) is 1.60. The lowest BCUT2D eigenvalue weighted by Crippen LogP contribution is -2.55. The molecule has 3 N–H and O–H groups in total. The lowest BCUT2D eigenvalue weighted by Gasteiger charge is -2.42. The number of nitrogens with one attached hydrogen (secondary N) is 1. The molecule has 106 valence electrons. The maximum absolute atomic E-state index is 12.5. The van der Waals surface area contributed by atoms with E-state index in [1.807, 2.05) is 4.90 Å². The molecule has 3 aliphatic rings. The van der Waals surface area contributed by atoms with Gasteiger partial charge in [-0.2, -0.15) is 0 Å². The second-order valence-electron chi connectivity index (χ2n) is 6.32. The highest BCUT2D eigenvalue weighted by Gasteiger charge is 2.38. The number of rotatable bonds is 1. The molecular formula is C14H23N3O2. The number of nitrogens with zero attached hydrogens (tertiary/aromatic N) is 1. The fourth-order valence-electron chi connectivity index (χ4n) is 3.81. The van der Waals surface area contributed by atoms with E-state index in [-0.39, 0.29) is 23.9 Å². The van der Waals surface area contributed by atoms with Crippen LogP contribution in [0.2, 0.25) is 0 Å². The molecule has 2 amide bonds. The Morgan fingerprint density at radius 3 is 2.84 bits per heavy atom. The molecule has 0 aromatic carbocycles. The number of nitrogens with two attached hydrogens (primary N) is 1. The van der Waals surface area contributed by atoms with Gasteiger partial charge in [0.25, 0.3) is 0 Å². The van der Waals surface area contributed by atoms with E-state index in [1.165, 1.54) is 0 Å². The summed E-state index contributed by atoms with van der Waals surface area (Å²) in [7, 11) is 0. The number of fused-ring (bicyclic) bond motifs is 1. The smallest absolute Gasteiger partial charge is 0.225 e. The number of hydrogen-bond donors (Lipinski definition) is 2. The molecule has 0 aromatic heterocycles. The molecule has 3 fully saturated rings. The standard InChI is InChI=1S/C14H23N3O2/c15-11-3-1-9(7-11)14(19)17-6-5-12-10(8-17)2-4-13(18)16-12/h9-12H,1-8,15H2,(H,16,18). The van der Waals surface area contributed by atoms with E-state index in [2.05, 4.69) is 5.32 Å².